The van der Waals surface area contributed by atoms with Crippen LogP contribution in [0.3, 0.4) is 0 Å². The van der Waals surface area contributed by atoms with Crippen LogP contribution in [0.25, 0.3) is 0 Å². The molecule has 4 rings (SSSR count). The van der Waals surface area contributed by atoms with E-state index in [1.54, 1.807) is 12.4 Å². The number of nitrogens with zero attached hydrogens (tertiary/aromatic N) is 4. The van der Waals surface area contributed by atoms with Gasteiger partial charge in [0.05, 0.1) is 17.8 Å². The van der Waals surface area contributed by atoms with Crippen LogP contribution in [0.2, 0.25) is 0 Å². The standard InChI is InChI=1S/C20H26N6O/c1-2-6-15(18-19(21)27-17-8-4-3-7-14(17)25-18)26-12-11-22-13-16(26)20-23-9-5-10-24-20/h3-5,7-10,15-16,19,22H,2,6,11-13,21H2,1H3. The van der Waals surface area contributed by atoms with E-state index < -0.39 is 6.23 Å². The van der Waals surface area contributed by atoms with E-state index in [0.29, 0.717) is 0 Å². The maximum absolute atomic E-state index is 6.39. The van der Waals surface area contributed by atoms with Crippen LogP contribution in [0.1, 0.15) is 31.6 Å². The quantitative estimate of drug-likeness (QED) is 0.842. The number of nitrogens with one attached hydrogen (secondary N) is 1. The molecule has 1 aromatic carbocycles. The largest absolute Gasteiger partial charge is 0.468 e. The summed E-state index contributed by atoms with van der Waals surface area (Å²) in [4.78, 5) is 16.3. The molecule has 142 valence electrons. The van der Waals surface area contributed by atoms with Crippen molar-refractivity contribution in [2.24, 2.45) is 10.7 Å². The zero-order valence-corrected chi connectivity index (χ0v) is 15.6. The Balaban J connectivity index is 1.70. The van der Waals surface area contributed by atoms with Crippen LogP contribution in [0.15, 0.2) is 47.7 Å². The molecule has 0 saturated carbocycles. The van der Waals surface area contributed by atoms with E-state index in [9.17, 15) is 0 Å². The van der Waals surface area contributed by atoms with Crippen molar-refractivity contribution in [3.05, 3.63) is 48.5 Å². The Kier molecular flexibility index (Phi) is 5.42. The van der Waals surface area contributed by atoms with Crippen molar-refractivity contribution in [1.29, 1.82) is 0 Å². The van der Waals surface area contributed by atoms with Gasteiger partial charge in [0.25, 0.3) is 0 Å². The van der Waals surface area contributed by atoms with Gasteiger partial charge in [0, 0.05) is 32.0 Å². The number of ether oxygens (including phenoxy) is 1. The highest BCUT2D eigenvalue weighted by Crippen LogP contribution is 2.34. The average molecular weight is 366 g/mol. The lowest BCUT2D eigenvalue weighted by Gasteiger charge is -2.42. The molecule has 0 amide bonds. The molecular formula is C20H26N6O. The first-order valence-corrected chi connectivity index (χ1v) is 9.61. The van der Waals surface area contributed by atoms with Gasteiger partial charge in [0.2, 0.25) is 0 Å². The summed E-state index contributed by atoms with van der Waals surface area (Å²) in [6.07, 6.45) is 5.05. The molecule has 2 aliphatic heterocycles. The first-order chi connectivity index (χ1) is 13.3. The van der Waals surface area contributed by atoms with Crippen molar-refractivity contribution in [3.63, 3.8) is 0 Å². The summed E-state index contributed by atoms with van der Waals surface area (Å²) >= 11 is 0. The van der Waals surface area contributed by atoms with E-state index >= 15 is 0 Å². The van der Waals surface area contributed by atoms with E-state index in [-0.39, 0.29) is 12.1 Å². The predicted molar refractivity (Wildman–Crippen MR) is 105 cm³/mol. The fraction of sp³-hybridized carbons (Fsp3) is 0.450. The van der Waals surface area contributed by atoms with Gasteiger partial charge in [-0.1, -0.05) is 25.5 Å². The van der Waals surface area contributed by atoms with Crippen LogP contribution in [-0.2, 0) is 0 Å². The van der Waals surface area contributed by atoms with Crippen LogP contribution >= 0.6 is 0 Å². The molecule has 7 nitrogen and oxygen atoms in total. The third-order valence-electron chi connectivity index (χ3n) is 5.13. The smallest absolute Gasteiger partial charge is 0.188 e. The minimum absolute atomic E-state index is 0.0866. The molecule has 27 heavy (non-hydrogen) atoms. The molecule has 0 radical (unpaired) electrons. The lowest BCUT2D eigenvalue weighted by molar-refractivity contribution is 0.119. The van der Waals surface area contributed by atoms with Gasteiger partial charge in [-0.15, -0.1) is 0 Å². The molecule has 0 bridgehead atoms. The van der Waals surface area contributed by atoms with Gasteiger partial charge in [-0.3, -0.25) is 10.6 Å². The highest BCUT2D eigenvalue weighted by atomic mass is 16.5. The number of benzene rings is 1. The van der Waals surface area contributed by atoms with Crippen LogP contribution in [0, 0.1) is 0 Å². The lowest BCUT2D eigenvalue weighted by Crippen LogP contribution is -2.57. The number of rotatable bonds is 5. The topological polar surface area (TPSA) is 88.7 Å². The summed E-state index contributed by atoms with van der Waals surface area (Å²) in [5.41, 5.74) is 8.12. The summed E-state index contributed by atoms with van der Waals surface area (Å²) in [7, 11) is 0. The van der Waals surface area contributed by atoms with Gasteiger partial charge in [-0.25, -0.2) is 15.0 Å². The number of hydrogen-bond donors (Lipinski definition) is 2. The highest BCUT2D eigenvalue weighted by Gasteiger charge is 2.37. The SMILES string of the molecule is CCCC(C1=Nc2ccccc2OC1N)N1CCNCC1c1ncccn1. The second kappa shape index (κ2) is 8.12. The van der Waals surface area contributed by atoms with Crippen molar-refractivity contribution in [2.45, 2.75) is 38.1 Å². The Bertz CT molecular complexity index is 796. The Labute approximate surface area is 159 Å². The Morgan fingerprint density at radius 1 is 1.26 bits per heavy atom. The zero-order valence-electron chi connectivity index (χ0n) is 15.6. The Morgan fingerprint density at radius 2 is 2.07 bits per heavy atom. The van der Waals surface area contributed by atoms with Crippen LogP contribution in [0.5, 0.6) is 5.75 Å². The fourth-order valence-electron chi connectivity index (χ4n) is 3.89. The van der Waals surface area contributed by atoms with Crippen molar-refractivity contribution in [1.82, 2.24) is 20.2 Å². The molecule has 2 aromatic rings. The molecule has 1 fully saturated rings. The van der Waals surface area contributed by atoms with E-state index in [2.05, 4.69) is 27.1 Å². The number of nitrogens with two attached hydrogens (primary N) is 1. The zero-order chi connectivity index (χ0) is 18.6. The summed E-state index contributed by atoms with van der Waals surface area (Å²) in [5, 5.41) is 3.47. The molecule has 0 aliphatic carbocycles. The molecule has 3 heterocycles. The highest BCUT2D eigenvalue weighted by molar-refractivity contribution is 5.97. The Hall–Kier alpha value is -2.35. The predicted octanol–water partition coefficient (Wildman–Crippen LogP) is 2.04. The van der Waals surface area contributed by atoms with Crippen LogP contribution in [-0.4, -0.2) is 52.5 Å². The van der Waals surface area contributed by atoms with Crippen LogP contribution in [0.4, 0.5) is 5.69 Å². The van der Waals surface area contributed by atoms with Crippen molar-refractivity contribution < 1.29 is 4.74 Å². The summed E-state index contributed by atoms with van der Waals surface area (Å²) < 4.78 is 5.98. The maximum Gasteiger partial charge on any atom is 0.188 e. The van der Waals surface area contributed by atoms with Gasteiger partial charge in [0.15, 0.2) is 6.23 Å². The van der Waals surface area contributed by atoms with Crippen LogP contribution < -0.4 is 15.8 Å². The van der Waals surface area contributed by atoms with Gasteiger partial charge in [-0.05, 0) is 24.6 Å². The maximum atomic E-state index is 6.39. The van der Waals surface area contributed by atoms with Gasteiger partial charge < -0.3 is 10.1 Å². The van der Waals surface area contributed by atoms with E-state index in [4.69, 9.17) is 15.5 Å². The monoisotopic (exact) mass is 366 g/mol. The van der Waals surface area contributed by atoms with E-state index in [1.807, 2.05) is 30.3 Å². The molecule has 1 saturated heterocycles. The van der Waals surface area contributed by atoms with Crippen molar-refractivity contribution in [3.8, 4) is 5.75 Å². The number of para-hydroxylation sites is 2. The fourth-order valence-corrected chi connectivity index (χ4v) is 3.89. The number of fused-ring (bicyclic) bond motifs is 1. The third kappa shape index (κ3) is 3.71. The minimum atomic E-state index is -0.538. The van der Waals surface area contributed by atoms with Crippen molar-refractivity contribution >= 4 is 11.4 Å². The molecule has 3 unspecified atom stereocenters. The average Bonchev–Trinajstić information content (AvgIpc) is 2.72. The normalized spacial score (nSPS) is 23.9. The number of aromatic nitrogens is 2. The minimum Gasteiger partial charge on any atom is -0.468 e. The second-order valence-corrected chi connectivity index (χ2v) is 6.91. The number of hydrogen-bond acceptors (Lipinski definition) is 7. The summed E-state index contributed by atoms with van der Waals surface area (Å²) in [6, 6.07) is 9.82. The number of piperazine rings is 1. The second-order valence-electron chi connectivity index (χ2n) is 6.91. The van der Waals surface area contributed by atoms with E-state index in [1.165, 1.54) is 0 Å². The molecule has 2 aliphatic rings. The Morgan fingerprint density at radius 3 is 2.89 bits per heavy atom. The molecule has 7 heteroatoms. The molecule has 3 N–H and O–H groups in total. The summed E-state index contributed by atoms with van der Waals surface area (Å²) in [5.74, 6) is 1.57. The number of aliphatic imine (C=N–C) groups is 1. The molecule has 0 spiro atoms. The summed E-state index contributed by atoms with van der Waals surface area (Å²) in [6.45, 7) is 4.81. The third-order valence-corrected chi connectivity index (χ3v) is 5.13. The molecule has 1 aromatic heterocycles. The van der Waals surface area contributed by atoms with Gasteiger partial charge in [0.1, 0.15) is 17.3 Å². The van der Waals surface area contributed by atoms with Gasteiger partial charge >= 0.3 is 0 Å². The molecular weight excluding hydrogens is 340 g/mol. The molecule has 3 atom stereocenters. The van der Waals surface area contributed by atoms with E-state index in [0.717, 1.165) is 55.4 Å². The van der Waals surface area contributed by atoms with Gasteiger partial charge in [-0.2, -0.15) is 0 Å². The first-order valence-electron chi connectivity index (χ1n) is 9.61. The first kappa shape index (κ1) is 18.0. The lowest BCUT2D eigenvalue weighted by atomic mass is 9.98. The van der Waals surface area contributed by atoms with Crippen molar-refractivity contribution in [2.75, 3.05) is 19.6 Å².